The Morgan fingerprint density at radius 1 is 0.947 bits per heavy atom. The Kier molecular flexibility index (Phi) is 2.88. The van der Waals surface area contributed by atoms with E-state index in [1.807, 2.05) is 24.3 Å². The van der Waals surface area contributed by atoms with Gasteiger partial charge in [0.05, 0.1) is 6.61 Å². The number of benzene rings is 2. The summed E-state index contributed by atoms with van der Waals surface area (Å²) in [7, 11) is 0. The number of fused-ring (bicyclic) bond motifs is 1. The largest absolute Gasteiger partial charge is 0.508 e. The van der Waals surface area contributed by atoms with Crippen LogP contribution in [0.15, 0.2) is 48.5 Å². The van der Waals surface area contributed by atoms with Crippen LogP contribution in [-0.2, 0) is 0 Å². The summed E-state index contributed by atoms with van der Waals surface area (Å²) in [5, 5.41) is 18.8. The smallest absolute Gasteiger partial charge is 0.130 e. The second kappa shape index (κ2) is 4.69. The van der Waals surface area contributed by atoms with Gasteiger partial charge in [-0.25, -0.2) is 0 Å². The van der Waals surface area contributed by atoms with Gasteiger partial charge in [0.2, 0.25) is 0 Å². The SMILES string of the molecule is Oc1ccc([C@H]2C=Cc3ccc(O)cc3OC2)cc1. The highest BCUT2D eigenvalue weighted by atomic mass is 16.5. The van der Waals surface area contributed by atoms with E-state index in [1.54, 1.807) is 24.3 Å². The lowest BCUT2D eigenvalue weighted by molar-refractivity contribution is 0.306. The number of phenolic OH excluding ortho intramolecular Hbond substituents is 2. The lowest BCUT2D eigenvalue weighted by Gasteiger charge is -2.13. The molecule has 3 heteroatoms. The van der Waals surface area contributed by atoms with Crippen LogP contribution < -0.4 is 4.74 Å². The maximum Gasteiger partial charge on any atom is 0.130 e. The summed E-state index contributed by atoms with van der Waals surface area (Å²) < 4.78 is 5.74. The van der Waals surface area contributed by atoms with E-state index in [2.05, 4.69) is 6.08 Å². The topological polar surface area (TPSA) is 49.7 Å². The summed E-state index contributed by atoms with van der Waals surface area (Å²) in [6.07, 6.45) is 4.08. The van der Waals surface area contributed by atoms with Gasteiger partial charge in [0, 0.05) is 17.5 Å². The van der Waals surface area contributed by atoms with E-state index in [4.69, 9.17) is 4.74 Å². The molecular weight excluding hydrogens is 240 g/mol. The van der Waals surface area contributed by atoms with Crippen LogP contribution in [0.3, 0.4) is 0 Å². The zero-order chi connectivity index (χ0) is 13.2. The van der Waals surface area contributed by atoms with Crippen LogP contribution in [0, 0.1) is 0 Å². The lowest BCUT2D eigenvalue weighted by atomic mass is 9.99. The van der Waals surface area contributed by atoms with Gasteiger partial charge in [0.15, 0.2) is 0 Å². The van der Waals surface area contributed by atoms with Crippen molar-refractivity contribution in [3.8, 4) is 17.2 Å². The monoisotopic (exact) mass is 254 g/mol. The summed E-state index contributed by atoms with van der Waals surface area (Å²) in [6, 6.07) is 12.2. The first-order chi connectivity index (χ1) is 9.22. The molecule has 0 fully saturated rings. The first-order valence-corrected chi connectivity index (χ1v) is 6.15. The fourth-order valence-corrected chi connectivity index (χ4v) is 2.17. The Balaban J connectivity index is 1.88. The summed E-state index contributed by atoms with van der Waals surface area (Å²) >= 11 is 0. The molecule has 3 nitrogen and oxygen atoms in total. The minimum absolute atomic E-state index is 0.134. The van der Waals surface area contributed by atoms with Gasteiger partial charge in [0.1, 0.15) is 17.2 Å². The summed E-state index contributed by atoms with van der Waals surface area (Å²) in [5.41, 5.74) is 2.05. The molecule has 0 amide bonds. The maximum atomic E-state index is 9.46. The van der Waals surface area contributed by atoms with E-state index in [9.17, 15) is 10.2 Å². The van der Waals surface area contributed by atoms with Crippen molar-refractivity contribution in [2.75, 3.05) is 6.61 Å². The zero-order valence-corrected chi connectivity index (χ0v) is 10.3. The second-order valence-electron chi connectivity index (χ2n) is 4.59. The number of phenols is 2. The average Bonchev–Trinajstić information content (AvgIpc) is 2.62. The van der Waals surface area contributed by atoms with Crippen LogP contribution in [0.1, 0.15) is 17.0 Å². The fourth-order valence-electron chi connectivity index (χ4n) is 2.17. The molecule has 0 unspecified atom stereocenters. The van der Waals surface area contributed by atoms with Gasteiger partial charge in [-0.05, 0) is 29.8 Å². The molecule has 19 heavy (non-hydrogen) atoms. The third-order valence-corrected chi connectivity index (χ3v) is 3.24. The molecule has 96 valence electrons. The quantitative estimate of drug-likeness (QED) is 0.821. The molecule has 1 heterocycles. The van der Waals surface area contributed by atoms with E-state index in [-0.39, 0.29) is 17.4 Å². The third-order valence-electron chi connectivity index (χ3n) is 3.24. The number of ether oxygens (including phenoxy) is 1. The van der Waals surface area contributed by atoms with E-state index < -0.39 is 0 Å². The molecule has 0 saturated carbocycles. The Hall–Kier alpha value is -2.42. The highest BCUT2D eigenvalue weighted by Gasteiger charge is 2.14. The normalized spacial score (nSPS) is 17.4. The molecular formula is C16H14O3. The zero-order valence-electron chi connectivity index (χ0n) is 10.3. The summed E-state index contributed by atoms with van der Waals surface area (Å²) in [6.45, 7) is 0.512. The van der Waals surface area contributed by atoms with Gasteiger partial charge in [-0.3, -0.25) is 0 Å². The van der Waals surface area contributed by atoms with E-state index >= 15 is 0 Å². The molecule has 0 aromatic heterocycles. The highest BCUT2D eigenvalue weighted by Crippen LogP contribution is 2.31. The second-order valence-corrected chi connectivity index (χ2v) is 4.59. The lowest BCUT2D eigenvalue weighted by Crippen LogP contribution is -2.06. The Labute approximate surface area is 111 Å². The van der Waals surface area contributed by atoms with E-state index in [0.29, 0.717) is 12.4 Å². The molecule has 0 radical (unpaired) electrons. The van der Waals surface area contributed by atoms with Gasteiger partial charge < -0.3 is 14.9 Å². The average molecular weight is 254 g/mol. The van der Waals surface area contributed by atoms with Gasteiger partial charge in [0.25, 0.3) is 0 Å². The van der Waals surface area contributed by atoms with E-state index in [1.165, 1.54) is 0 Å². The molecule has 1 atom stereocenters. The molecule has 0 saturated heterocycles. The van der Waals surface area contributed by atoms with Crippen molar-refractivity contribution in [3.05, 3.63) is 59.7 Å². The Bertz CT molecular complexity index is 614. The first-order valence-electron chi connectivity index (χ1n) is 6.15. The predicted octanol–water partition coefficient (Wildman–Crippen LogP) is 3.29. The fraction of sp³-hybridized carbons (Fsp3) is 0.125. The predicted molar refractivity (Wildman–Crippen MR) is 73.5 cm³/mol. The van der Waals surface area contributed by atoms with Gasteiger partial charge >= 0.3 is 0 Å². The number of aromatic hydroxyl groups is 2. The molecule has 0 spiro atoms. The van der Waals surface area contributed by atoms with Crippen LogP contribution in [0.2, 0.25) is 0 Å². The summed E-state index contributed by atoms with van der Waals surface area (Å²) in [4.78, 5) is 0. The van der Waals surface area contributed by atoms with Gasteiger partial charge in [-0.1, -0.05) is 24.3 Å². The van der Waals surface area contributed by atoms with Crippen molar-refractivity contribution >= 4 is 6.08 Å². The standard InChI is InChI=1S/C16H14O3/c17-14-6-3-11(4-7-14)13-2-1-12-5-8-15(18)9-16(12)19-10-13/h1-9,13,17-18H,10H2/t13-/m0/s1. The van der Waals surface area contributed by atoms with Crippen LogP contribution in [0.25, 0.3) is 6.08 Å². The Morgan fingerprint density at radius 2 is 1.68 bits per heavy atom. The van der Waals surface area contributed by atoms with Crippen molar-refractivity contribution < 1.29 is 14.9 Å². The maximum absolute atomic E-state index is 9.46. The van der Waals surface area contributed by atoms with Gasteiger partial charge in [-0.15, -0.1) is 0 Å². The van der Waals surface area contributed by atoms with Crippen molar-refractivity contribution in [2.45, 2.75) is 5.92 Å². The minimum atomic E-state index is 0.134. The van der Waals surface area contributed by atoms with Crippen molar-refractivity contribution in [2.24, 2.45) is 0 Å². The van der Waals surface area contributed by atoms with Gasteiger partial charge in [-0.2, -0.15) is 0 Å². The molecule has 1 aliphatic rings. The number of hydrogen-bond acceptors (Lipinski definition) is 3. The molecule has 0 aliphatic carbocycles. The third kappa shape index (κ3) is 2.40. The van der Waals surface area contributed by atoms with Crippen molar-refractivity contribution in [1.29, 1.82) is 0 Å². The number of hydrogen-bond donors (Lipinski definition) is 2. The highest BCUT2D eigenvalue weighted by molar-refractivity contribution is 5.61. The number of rotatable bonds is 1. The van der Waals surface area contributed by atoms with Crippen LogP contribution in [-0.4, -0.2) is 16.8 Å². The molecule has 2 N–H and O–H groups in total. The van der Waals surface area contributed by atoms with Crippen LogP contribution >= 0.6 is 0 Å². The Morgan fingerprint density at radius 3 is 2.47 bits per heavy atom. The van der Waals surface area contributed by atoms with E-state index in [0.717, 1.165) is 11.1 Å². The van der Waals surface area contributed by atoms with Crippen LogP contribution in [0.5, 0.6) is 17.2 Å². The van der Waals surface area contributed by atoms with Crippen molar-refractivity contribution in [3.63, 3.8) is 0 Å². The molecule has 3 rings (SSSR count). The molecule has 1 aliphatic heterocycles. The molecule has 2 aromatic carbocycles. The summed E-state index contributed by atoms with van der Waals surface area (Å²) in [5.74, 6) is 1.29. The van der Waals surface area contributed by atoms with Crippen LogP contribution in [0.4, 0.5) is 0 Å². The van der Waals surface area contributed by atoms with Crippen molar-refractivity contribution in [1.82, 2.24) is 0 Å². The minimum Gasteiger partial charge on any atom is -0.508 e. The molecule has 0 bridgehead atoms. The molecule has 2 aromatic rings. The first kappa shape index (κ1) is 11.7.